The van der Waals surface area contributed by atoms with E-state index in [9.17, 15) is 0 Å². The topological polar surface area (TPSA) is 9.23 Å². The Labute approximate surface area is 47.9 Å². The molecule has 0 rings (SSSR count). The van der Waals surface area contributed by atoms with Crippen molar-refractivity contribution in [2.75, 3.05) is 12.8 Å². The van der Waals surface area contributed by atoms with E-state index in [2.05, 4.69) is 13.5 Å². The summed E-state index contributed by atoms with van der Waals surface area (Å²) in [7, 11) is 0.945. The lowest BCUT2D eigenvalue weighted by molar-refractivity contribution is 0.178. The summed E-state index contributed by atoms with van der Waals surface area (Å²) >= 11 is 0. The monoisotopic (exact) mass is 116 g/mol. The molecular formula is C5H12OSi. The molecule has 0 aromatic rings. The largest absolute Gasteiger partial charge is 0.385 e. The van der Waals surface area contributed by atoms with Gasteiger partial charge in [0.05, 0.1) is 9.52 Å². The molecule has 0 amide bonds. The molecule has 0 fully saturated rings. The molecule has 0 heterocycles. The van der Waals surface area contributed by atoms with Crippen molar-refractivity contribution >= 4 is 9.52 Å². The van der Waals surface area contributed by atoms with Gasteiger partial charge in [0, 0.05) is 12.8 Å². The number of ether oxygens (including phenoxy) is 1. The SMILES string of the molecule is CCCOC[Si]C. The second-order valence-electron chi connectivity index (χ2n) is 1.41. The molecule has 42 valence electrons. The molecule has 0 aromatic heterocycles. The minimum atomic E-state index is 0.931. The summed E-state index contributed by atoms with van der Waals surface area (Å²) in [6, 6.07) is 0. The predicted molar refractivity (Wildman–Crippen MR) is 32.7 cm³/mol. The van der Waals surface area contributed by atoms with Gasteiger partial charge < -0.3 is 4.74 Å². The third-order valence-corrected chi connectivity index (χ3v) is 1.09. The van der Waals surface area contributed by atoms with Crippen molar-refractivity contribution in [3.63, 3.8) is 0 Å². The fraction of sp³-hybridized carbons (Fsp3) is 1.00. The Morgan fingerprint density at radius 1 is 1.57 bits per heavy atom. The molecule has 0 spiro atoms. The van der Waals surface area contributed by atoms with Crippen molar-refractivity contribution in [2.45, 2.75) is 19.9 Å². The molecule has 7 heavy (non-hydrogen) atoms. The Kier molecular flexibility index (Phi) is 6.33. The van der Waals surface area contributed by atoms with E-state index in [4.69, 9.17) is 4.74 Å². The molecule has 0 saturated carbocycles. The van der Waals surface area contributed by atoms with Crippen molar-refractivity contribution in [1.29, 1.82) is 0 Å². The molecule has 0 bridgehead atoms. The first-order valence-corrected chi connectivity index (χ1v) is 4.35. The smallest absolute Gasteiger partial charge is 0.0699 e. The first kappa shape index (κ1) is 7.18. The molecule has 2 radical (unpaired) electrons. The fourth-order valence-electron chi connectivity index (χ4n) is 0.319. The van der Waals surface area contributed by atoms with Crippen LogP contribution in [0.4, 0.5) is 0 Å². The van der Waals surface area contributed by atoms with Crippen LogP contribution in [0.25, 0.3) is 0 Å². The second kappa shape index (κ2) is 6.18. The summed E-state index contributed by atoms with van der Waals surface area (Å²) in [6.45, 7) is 5.20. The molecule has 0 atom stereocenters. The molecule has 0 aromatic carbocycles. The lowest BCUT2D eigenvalue weighted by Gasteiger charge is -1.94. The first-order valence-electron chi connectivity index (χ1n) is 2.64. The Bertz CT molecular complexity index is 27.3. The van der Waals surface area contributed by atoms with Gasteiger partial charge in [-0.2, -0.15) is 0 Å². The Morgan fingerprint density at radius 3 is 2.71 bits per heavy atom. The van der Waals surface area contributed by atoms with E-state index < -0.39 is 0 Å². The molecular weight excluding hydrogens is 104 g/mol. The maximum absolute atomic E-state index is 5.14. The van der Waals surface area contributed by atoms with Crippen LogP contribution >= 0.6 is 0 Å². The van der Waals surface area contributed by atoms with Crippen LogP contribution < -0.4 is 0 Å². The molecule has 0 aliphatic carbocycles. The normalized spacial score (nSPS) is 9.43. The highest BCUT2D eigenvalue weighted by Gasteiger charge is 1.79. The second-order valence-corrected chi connectivity index (χ2v) is 2.40. The molecule has 0 aliphatic heterocycles. The summed E-state index contributed by atoms with van der Waals surface area (Å²) in [5.41, 5.74) is 0. The van der Waals surface area contributed by atoms with Gasteiger partial charge in [0.2, 0.25) is 0 Å². The minimum Gasteiger partial charge on any atom is -0.385 e. The molecule has 0 N–H and O–H groups in total. The van der Waals surface area contributed by atoms with E-state index in [0.717, 1.165) is 28.8 Å². The quantitative estimate of drug-likeness (QED) is 0.395. The van der Waals surface area contributed by atoms with Crippen molar-refractivity contribution in [3.8, 4) is 0 Å². The van der Waals surface area contributed by atoms with Crippen molar-refractivity contribution in [2.24, 2.45) is 0 Å². The van der Waals surface area contributed by atoms with Crippen LogP contribution in [0.5, 0.6) is 0 Å². The zero-order valence-electron chi connectivity index (χ0n) is 5.03. The lowest BCUT2D eigenvalue weighted by Crippen LogP contribution is -1.99. The average Bonchev–Trinajstić information content (AvgIpc) is 1.69. The van der Waals surface area contributed by atoms with Crippen LogP contribution in [-0.2, 0) is 4.74 Å². The van der Waals surface area contributed by atoms with E-state index in [1.807, 2.05) is 0 Å². The van der Waals surface area contributed by atoms with Crippen molar-refractivity contribution in [3.05, 3.63) is 0 Å². The van der Waals surface area contributed by atoms with Gasteiger partial charge in [-0.15, -0.1) is 0 Å². The zero-order chi connectivity index (χ0) is 5.54. The highest BCUT2D eigenvalue weighted by Crippen LogP contribution is 1.76. The van der Waals surface area contributed by atoms with Gasteiger partial charge in [0.25, 0.3) is 0 Å². The van der Waals surface area contributed by atoms with Crippen molar-refractivity contribution < 1.29 is 4.74 Å². The third kappa shape index (κ3) is 6.18. The van der Waals surface area contributed by atoms with Crippen LogP contribution in [0, 0.1) is 0 Å². The van der Waals surface area contributed by atoms with E-state index in [1.54, 1.807) is 0 Å². The molecule has 1 nitrogen and oxygen atoms in total. The molecule has 0 aliphatic rings. The maximum atomic E-state index is 5.14. The van der Waals surface area contributed by atoms with Gasteiger partial charge >= 0.3 is 0 Å². The number of hydrogen-bond acceptors (Lipinski definition) is 1. The highest BCUT2D eigenvalue weighted by atomic mass is 28.2. The summed E-state index contributed by atoms with van der Waals surface area (Å²) in [6.07, 6.45) is 2.10. The minimum absolute atomic E-state index is 0.931. The summed E-state index contributed by atoms with van der Waals surface area (Å²) in [4.78, 5) is 0. The third-order valence-electron chi connectivity index (χ3n) is 0.595. The van der Waals surface area contributed by atoms with Crippen LogP contribution in [0.1, 0.15) is 13.3 Å². The summed E-state index contributed by atoms with van der Waals surface area (Å²) in [5.74, 6) is 0. The molecule has 2 heteroatoms. The number of rotatable bonds is 4. The van der Waals surface area contributed by atoms with Gasteiger partial charge in [-0.1, -0.05) is 13.5 Å². The fourth-order valence-corrected chi connectivity index (χ4v) is 0.667. The van der Waals surface area contributed by atoms with Gasteiger partial charge in [0.15, 0.2) is 0 Å². The van der Waals surface area contributed by atoms with E-state index in [1.165, 1.54) is 0 Å². The van der Waals surface area contributed by atoms with Crippen LogP contribution in [0.2, 0.25) is 6.55 Å². The summed E-state index contributed by atoms with van der Waals surface area (Å²) < 4.78 is 5.14. The summed E-state index contributed by atoms with van der Waals surface area (Å²) in [5, 5.41) is 0. The van der Waals surface area contributed by atoms with Crippen LogP contribution in [0.15, 0.2) is 0 Å². The van der Waals surface area contributed by atoms with Crippen molar-refractivity contribution in [1.82, 2.24) is 0 Å². The predicted octanol–water partition coefficient (Wildman–Crippen LogP) is 1.12. The Morgan fingerprint density at radius 2 is 2.29 bits per heavy atom. The van der Waals surface area contributed by atoms with Crippen LogP contribution in [0.3, 0.4) is 0 Å². The van der Waals surface area contributed by atoms with Gasteiger partial charge in [-0.05, 0) is 6.42 Å². The van der Waals surface area contributed by atoms with E-state index in [-0.39, 0.29) is 0 Å². The Balaban J connectivity index is 2.45. The Hall–Kier alpha value is 0.177. The highest BCUT2D eigenvalue weighted by molar-refractivity contribution is 6.33. The molecule has 0 saturated heterocycles. The van der Waals surface area contributed by atoms with E-state index >= 15 is 0 Å². The molecule has 0 unspecified atom stereocenters. The van der Waals surface area contributed by atoms with Gasteiger partial charge in [-0.25, -0.2) is 0 Å². The average molecular weight is 116 g/mol. The standard InChI is InChI=1S/C5H12OSi/c1-3-4-6-5-7-2/h3-5H2,1-2H3. The van der Waals surface area contributed by atoms with E-state index in [0.29, 0.717) is 0 Å². The van der Waals surface area contributed by atoms with Crippen LogP contribution in [-0.4, -0.2) is 22.4 Å². The van der Waals surface area contributed by atoms with Gasteiger partial charge in [0.1, 0.15) is 0 Å². The lowest BCUT2D eigenvalue weighted by atomic mass is 10.5. The maximum Gasteiger partial charge on any atom is 0.0699 e. The number of hydrogen-bond donors (Lipinski definition) is 0. The zero-order valence-corrected chi connectivity index (χ0v) is 6.03. The first-order chi connectivity index (χ1) is 3.41. The van der Waals surface area contributed by atoms with Gasteiger partial charge in [-0.3, -0.25) is 0 Å².